The first-order valence-corrected chi connectivity index (χ1v) is 7.49. The van der Waals surface area contributed by atoms with Crippen LogP contribution < -0.4 is 10.1 Å². The molecule has 0 spiro atoms. The Balaban J connectivity index is 2.41. The Morgan fingerprint density at radius 1 is 1.33 bits per heavy atom. The number of nitrogens with one attached hydrogen (secondary N) is 1. The Morgan fingerprint density at radius 2 is 2.05 bits per heavy atom. The van der Waals surface area contributed by atoms with E-state index in [4.69, 9.17) is 4.74 Å². The lowest BCUT2D eigenvalue weighted by Gasteiger charge is -2.40. The number of ether oxygens (including phenoxy) is 1. The predicted molar refractivity (Wildman–Crippen MR) is 81.7 cm³/mol. The summed E-state index contributed by atoms with van der Waals surface area (Å²) in [5.41, 5.74) is -0.140. The van der Waals surface area contributed by atoms with Crippen molar-refractivity contribution in [3.63, 3.8) is 0 Å². The lowest BCUT2D eigenvalue weighted by molar-refractivity contribution is -0.153. The maximum absolute atomic E-state index is 12.1. The van der Waals surface area contributed by atoms with Crippen molar-refractivity contribution in [2.75, 3.05) is 33.3 Å². The molecule has 1 fully saturated rings. The first kappa shape index (κ1) is 15.8. The molecule has 0 amide bonds. The van der Waals surface area contributed by atoms with Crippen LogP contribution in [0.15, 0.2) is 24.3 Å². The fraction of sp³-hybridized carbons (Fsp3) is 0.562. The van der Waals surface area contributed by atoms with Crippen LogP contribution in [0.5, 0.6) is 5.75 Å². The third-order valence-electron chi connectivity index (χ3n) is 4.31. The number of hydrogen-bond donors (Lipinski definition) is 2. The van der Waals surface area contributed by atoms with Gasteiger partial charge in [0.2, 0.25) is 0 Å². The maximum atomic E-state index is 12.1. The average molecular weight is 292 g/mol. The number of carboxylic acids is 1. The molecule has 1 unspecified atom stereocenters. The van der Waals surface area contributed by atoms with E-state index in [9.17, 15) is 9.90 Å². The van der Waals surface area contributed by atoms with Crippen LogP contribution in [-0.4, -0.2) is 49.3 Å². The topological polar surface area (TPSA) is 61.8 Å². The van der Waals surface area contributed by atoms with E-state index in [0.29, 0.717) is 6.42 Å². The zero-order chi connectivity index (χ0) is 15.3. The number of hydrogen-bond acceptors (Lipinski definition) is 4. The standard InChI is InChI=1S/C16H24N2O3/c1-3-16(15(19)20,18-11-4-9-17-10-12-18)13-5-7-14(21-2)8-6-13/h5-8,17H,3-4,9-12H2,1-2H3,(H,19,20). The number of nitrogens with zero attached hydrogens (tertiary/aromatic N) is 1. The Labute approximate surface area is 125 Å². The molecule has 0 bridgehead atoms. The predicted octanol–water partition coefficient (Wildman–Crippen LogP) is 1.68. The van der Waals surface area contributed by atoms with Crippen LogP contribution in [0, 0.1) is 0 Å². The molecular weight excluding hydrogens is 268 g/mol. The molecule has 1 saturated heterocycles. The Kier molecular flexibility index (Phi) is 5.20. The monoisotopic (exact) mass is 292 g/mol. The highest BCUT2D eigenvalue weighted by Crippen LogP contribution is 2.34. The molecule has 2 N–H and O–H groups in total. The van der Waals surface area contributed by atoms with E-state index < -0.39 is 11.5 Å². The molecule has 21 heavy (non-hydrogen) atoms. The van der Waals surface area contributed by atoms with Crippen molar-refractivity contribution >= 4 is 5.97 Å². The average Bonchev–Trinajstić information content (AvgIpc) is 2.78. The normalized spacial score (nSPS) is 19.5. The number of carbonyl (C=O) groups is 1. The fourth-order valence-corrected chi connectivity index (χ4v) is 3.11. The first-order chi connectivity index (χ1) is 10.1. The third kappa shape index (κ3) is 3.04. The zero-order valence-electron chi connectivity index (χ0n) is 12.8. The minimum Gasteiger partial charge on any atom is -0.497 e. The third-order valence-corrected chi connectivity index (χ3v) is 4.31. The second-order valence-electron chi connectivity index (χ2n) is 5.34. The number of rotatable bonds is 5. The Morgan fingerprint density at radius 3 is 2.62 bits per heavy atom. The summed E-state index contributed by atoms with van der Waals surface area (Å²) in [5, 5.41) is 13.3. The van der Waals surface area contributed by atoms with Gasteiger partial charge in [-0.2, -0.15) is 0 Å². The Bertz CT molecular complexity index is 467. The molecule has 1 aliphatic rings. The highest BCUT2D eigenvalue weighted by atomic mass is 16.5. The number of aliphatic carboxylic acids is 1. The molecule has 2 rings (SSSR count). The lowest BCUT2D eigenvalue weighted by Crippen LogP contribution is -2.52. The van der Waals surface area contributed by atoms with Gasteiger partial charge < -0.3 is 15.2 Å². The van der Waals surface area contributed by atoms with Crippen LogP contribution in [0.25, 0.3) is 0 Å². The summed E-state index contributed by atoms with van der Waals surface area (Å²) < 4.78 is 5.17. The minimum absolute atomic E-state index is 0.536. The van der Waals surface area contributed by atoms with E-state index >= 15 is 0 Å². The van der Waals surface area contributed by atoms with Gasteiger partial charge in [0.15, 0.2) is 0 Å². The molecule has 0 aliphatic carbocycles. The van der Waals surface area contributed by atoms with Gasteiger partial charge in [0.1, 0.15) is 11.3 Å². The molecule has 0 radical (unpaired) electrons. The molecule has 1 aliphatic heterocycles. The summed E-state index contributed by atoms with van der Waals surface area (Å²) in [6.45, 7) is 5.24. The van der Waals surface area contributed by atoms with Crippen LogP contribution in [-0.2, 0) is 10.3 Å². The first-order valence-electron chi connectivity index (χ1n) is 7.49. The van der Waals surface area contributed by atoms with Crippen LogP contribution in [0.1, 0.15) is 25.3 Å². The van der Waals surface area contributed by atoms with Gasteiger partial charge in [-0.1, -0.05) is 19.1 Å². The van der Waals surface area contributed by atoms with Crippen LogP contribution in [0.4, 0.5) is 0 Å². The van der Waals surface area contributed by atoms with Crippen LogP contribution in [0.2, 0.25) is 0 Å². The van der Waals surface area contributed by atoms with Gasteiger partial charge >= 0.3 is 5.97 Å². The van der Waals surface area contributed by atoms with Gasteiger partial charge in [0.25, 0.3) is 0 Å². The summed E-state index contributed by atoms with van der Waals surface area (Å²) in [5.74, 6) is -0.0382. The molecule has 1 heterocycles. The molecule has 0 aromatic heterocycles. The van der Waals surface area contributed by atoms with Gasteiger partial charge in [0.05, 0.1) is 7.11 Å². The van der Waals surface area contributed by atoms with Gasteiger partial charge in [0, 0.05) is 19.6 Å². The van der Waals surface area contributed by atoms with Crippen LogP contribution >= 0.6 is 0 Å². The lowest BCUT2D eigenvalue weighted by atomic mass is 9.85. The summed E-state index contributed by atoms with van der Waals surface area (Å²) in [7, 11) is 1.61. The Hall–Kier alpha value is -1.59. The largest absolute Gasteiger partial charge is 0.497 e. The van der Waals surface area contributed by atoms with Crippen LogP contribution in [0.3, 0.4) is 0 Å². The van der Waals surface area contributed by atoms with Crippen molar-refractivity contribution in [3.8, 4) is 5.75 Å². The summed E-state index contributed by atoms with van der Waals surface area (Å²) >= 11 is 0. The van der Waals surface area contributed by atoms with Gasteiger partial charge in [-0.25, -0.2) is 4.79 Å². The highest BCUT2D eigenvalue weighted by Gasteiger charge is 2.44. The molecule has 116 valence electrons. The summed E-state index contributed by atoms with van der Waals surface area (Å²) in [4.78, 5) is 14.2. The second-order valence-corrected chi connectivity index (χ2v) is 5.34. The van der Waals surface area contributed by atoms with Gasteiger partial charge in [-0.05, 0) is 37.1 Å². The van der Waals surface area contributed by atoms with E-state index in [0.717, 1.165) is 43.9 Å². The van der Waals surface area contributed by atoms with E-state index in [1.54, 1.807) is 7.11 Å². The van der Waals surface area contributed by atoms with E-state index in [-0.39, 0.29) is 0 Å². The minimum atomic E-state index is -0.960. The molecule has 5 nitrogen and oxygen atoms in total. The van der Waals surface area contributed by atoms with Gasteiger partial charge in [-0.15, -0.1) is 0 Å². The van der Waals surface area contributed by atoms with E-state index in [2.05, 4.69) is 10.2 Å². The quantitative estimate of drug-likeness (QED) is 0.864. The molecule has 1 aromatic rings. The molecule has 1 atom stereocenters. The molecular formula is C16H24N2O3. The van der Waals surface area contributed by atoms with Crippen molar-refractivity contribution in [1.82, 2.24) is 10.2 Å². The zero-order valence-corrected chi connectivity index (χ0v) is 12.8. The number of benzene rings is 1. The maximum Gasteiger partial charge on any atom is 0.328 e. The van der Waals surface area contributed by atoms with E-state index in [1.807, 2.05) is 31.2 Å². The highest BCUT2D eigenvalue weighted by molar-refractivity contribution is 5.81. The smallest absolute Gasteiger partial charge is 0.328 e. The van der Waals surface area contributed by atoms with Crippen molar-refractivity contribution in [2.24, 2.45) is 0 Å². The molecule has 0 saturated carbocycles. The van der Waals surface area contributed by atoms with Crippen molar-refractivity contribution in [1.29, 1.82) is 0 Å². The van der Waals surface area contributed by atoms with Crippen molar-refractivity contribution in [3.05, 3.63) is 29.8 Å². The summed E-state index contributed by atoms with van der Waals surface area (Å²) in [6, 6.07) is 7.40. The number of carboxylic acid groups (broad SMARTS) is 1. The van der Waals surface area contributed by atoms with Crippen molar-refractivity contribution < 1.29 is 14.6 Å². The molecule has 5 heteroatoms. The van der Waals surface area contributed by atoms with Gasteiger partial charge in [-0.3, -0.25) is 4.90 Å². The van der Waals surface area contributed by atoms with E-state index in [1.165, 1.54) is 0 Å². The van der Waals surface area contributed by atoms with Crippen molar-refractivity contribution in [2.45, 2.75) is 25.3 Å². The fourth-order valence-electron chi connectivity index (χ4n) is 3.11. The number of methoxy groups -OCH3 is 1. The SMILES string of the molecule is CCC(C(=O)O)(c1ccc(OC)cc1)N1CCCNCC1. The molecule has 1 aromatic carbocycles. The second kappa shape index (κ2) is 6.91. The summed E-state index contributed by atoms with van der Waals surface area (Å²) in [6.07, 6.45) is 1.50.